The minimum atomic E-state index is -0.679. The molecule has 2 saturated heterocycles. The van der Waals surface area contributed by atoms with Crippen LogP contribution in [0.15, 0.2) is 23.6 Å². The lowest BCUT2D eigenvalue weighted by molar-refractivity contribution is -0.196. The average molecular weight is 387 g/mol. The number of aliphatic imine (C=N–C) groups is 1. The summed E-state index contributed by atoms with van der Waals surface area (Å²) in [5.74, 6) is -0.0554. The molecule has 1 aliphatic carbocycles. The van der Waals surface area contributed by atoms with Gasteiger partial charge in [0, 0.05) is 26.7 Å². The number of aliphatic hydroxyl groups excluding tert-OH is 1. The Morgan fingerprint density at radius 3 is 2.82 bits per heavy atom. The van der Waals surface area contributed by atoms with E-state index in [0.29, 0.717) is 18.8 Å². The summed E-state index contributed by atoms with van der Waals surface area (Å²) in [6, 6.07) is 1.96. The second kappa shape index (κ2) is 5.96. The van der Waals surface area contributed by atoms with Crippen LogP contribution in [0, 0.1) is 0 Å². The highest BCUT2D eigenvalue weighted by Gasteiger charge is 2.73. The molecule has 9 nitrogen and oxygen atoms in total. The lowest BCUT2D eigenvalue weighted by atomic mass is 10.1. The SMILES string of the molecule is CN(C)C=Nc1ncnc2c1ccn2C[C@@H]1OC2(CC2O)[C@H]2OC(C)(C)O[C@@H]12. The lowest BCUT2D eigenvalue weighted by Crippen LogP contribution is -2.34. The molecular formula is C19H25N5O4. The molecule has 4 heterocycles. The van der Waals surface area contributed by atoms with Crippen molar-refractivity contribution in [3.8, 4) is 0 Å². The van der Waals surface area contributed by atoms with Gasteiger partial charge in [-0.2, -0.15) is 0 Å². The predicted molar refractivity (Wildman–Crippen MR) is 101 cm³/mol. The molecule has 5 atom stereocenters. The van der Waals surface area contributed by atoms with Crippen LogP contribution in [0.5, 0.6) is 0 Å². The van der Waals surface area contributed by atoms with Crippen LogP contribution in [-0.4, -0.2) is 80.8 Å². The van der Waals surface area contributed by atoms with E-state index in [1.807, 2.05) is 49.7 Å². The molecule has 28 heavy (non-hydrogen) atoms. The van der Waals surface area contributed by atoms with Crippen molar-refractivity contribution in [2.75, 3.05) is 14.1 Å². The Bertz CT molecular complexity index is 942. The van der Waals surface area contributed by atoms with Gasteiger partial charge >= 0.3 is 0 Å². The largest absolute Gasteiger partial charge is 0.390 e. The fourth-order valence-electron chi connectivity index (χ4n) is 4.28. The number of aromatic nitrogens is 3. The van der Waals surface area contributed by atoms with Gasteiger partial charge in [-0.3, -0.25) is 0 Å². The van der Waals surface area contributed by atoms with Gasteiger partial charge in [-0.15, -0.1) is 0 Å². The van der Waals surface area contributed by atoms with Crippen molar-refractivity contribution < 1.29 is 19.3 Å². The number of aliphatic hydroxyl groups is 1. The molecule has 2 aromatic heterocycles. The van der Waals surface area contributed by atoms with Crippen LogP contribution in [0.4, 0.5) is 5.82 Å². The molecule has 0 radical (unpaired) electrons. The Labute approximate surface area is 162 Å². The van der Waals surface area contributed by atoms with Crippen molar-refractivity contribution in [1.82, 2.24) is 19.4 Å². The molecule has 0 amide bonds. The van der Waals surface area contributed by atoms with Crippen molar-refractivity contribution in [3.63, 3.8) is 0 Å². The Balaban J connectivity index is 1.44. The van der Waals surface area contributed by atoms with E-state index in [9.17, 15) is 5.11 Å². The lowest BCUT2D eigenvalue weighted by Gasteiger charge is -2.24. The third-order valence-electron chi connectivity index (χ3n) is 5.59. The van der Waals surface area contributed by atoms with E-state index < -0.39 is 17.5 Å². The second-order valence-corrected chi connectivity index (χ2v) is 8.46. The second-order valence-electron chi connectivity index (χ2n) is 8.46. The summed E-state index contributed by atoms with van der Waals surface area (Å²) < 4.78 is 20.5. The van der Waals surface area contributed by atoms with E-state index in [-0.39, 0.29) is 18.3 Å². The number of rotatable bonds is 4. The molecule has 5 rings (SSSR count). The van der Waals surface area contributed by atoms with Crippen LogP contribution < -0.4 is 0 Å². The summed E-state index contributed by atoms with van der Waals surface area (Å²) in [4.78, 5) is 15.0. The predicted octanol–water partition coefficient (Wildman–Crippen LogP) is 1.07. The summed E-state index contributed by atoms with van der Waals surface area (Å²) in [7, 11) is 3.82. The van der Waals surface area contributed by atoms with Gasteiger partial charge in [0.25, 0.3) is 0 Å². The number of nitrogens with zero attached hydrogens (tertiary/aromatic N) is 5. The summed E-state index contributed by atoms with van der Waals surface area (Å²) >= 11 is 0. The molecule has 0 bridgehead atoms. The summed E-state index contributed by atoms with van der Waals surface area (Å²) in [6.07, 6.45) is 4.57. The van der Waals surface area contributed by atoms with E-state index in [0.717, 1.165) is 11.0 Å². The van der Waals surface area contributed by atoms with Crippen LogP contribution in [0.3, 0.4) is 0 Å². The van der Waals surface area contributed by atoms with Gasteiger partial charge in [0.15, 0.2) is 11.6 Å². The van der Waals surface area contributed by atoms with E-state index in [4.69, 9.17) is 14.2 Å². The zero-order chi connectivity index (χ0) is 19.7. The first kappa shape index (κ1) is 18.0. The monoisotopic (exact) mass is 387 g/mol. The van der Waals surface area contributed by atoms with E-state index in [1.54, 1.807) is 6.34 Å². The molecule has 0 aromatic carbocycles. The summed E-state index contributed by atoms with van der Waals surface area (Å²) in [5.41, 5.74) is 0.152. The average Bonchev–Trinajstić information content (AvgIpc) is 2.93. The van der Waals surface area contributed by atoms with Crippen LogP contribution in [0.2, 0.25) is 0 Å². The third-order valence-corrected chi connectivity index (χ3v) is 5.59. The fraction of sp³-hybridized carbons (Fsp3) is 0.632. The van der Waals surface area contributed by atoms with Crippen LogP contribution in [0.1, 0.15) is 20.3 Å². The molecule has 9 heteroatoms. The zero-order valence-corrected chi connectivity index (χ0v) is 16.4. The van der Waals surface area contributed by atoms with Crippen molar-refractivity contribution >= 4 is 23.2 Å². The minimum Gasteiger partial charge on any atom is -0.390 e. The van der Waals surface area contributed by atoms with Crippen molar-refractivity contribution in [1.29, 1.82) is 0 Å². The maximum Gasteiger partial charge on any atom is 0.166 e. The zero-order valence-electron chi connectivity index (χ0n) is 16.4. The normalized spacial score (nSPS) is 35.9. The Morgan fingerprint density at radius 2 is 2.11 bits per heavy atom. The number of hydrogen-bond acceptors (Lipinski definition) is 7. The van der Waals surface area contributed by atoms with Gasteiger partial charge in [0.2, 0.25) is 0 Å². The van der Waals surface area contributed by atoms with Gasteiger partial charge in [0.05, 0.1) is 24.4 Å². The van der Waals surface area contributed by atoms with Crippen LogP contribution >= 0.6 is 0 Å². The molecule has 2 aliphatic heterocycles. The molecule has 1 spiro atoms. The number of ether oxygens (including phenoxy) is 3. The number of fused-ring (bicyclic) bond motifs is 3. The molecule has 2 unspecified atom stereocenters. The van der Waals surface area contributed by atoms with Crippen molar-refractivity contribution in [2.24, 2.45) is 4.99 Å². The van der Waals surface area contributed by atoms with Gasteiger partial charge in [-0.1, -0.05) is 0 Å². The Hall–Kier alpha value is -2.07. The Morgan fingerprint density at radius 1 is 1.32 bits per heavy atom. The highest BCUT2D eigenvalue weighted by molar-refractivity contribution is 5.87. The third kappa shape index (κ3) is 2.73. The van der Waals surface area contributed by atoms with Crippen LogP contribution in [-0.2, 0) is 20.8 Å². The first-order valence-electron chi connectivity index (χ1n) is 9.51. The quantitative estimate of drug-likeness (QED) is 0.620. The smallest absolute Gasteiger partial charge is 0.166 e. The van der Waals surface area contributed by atoms with E-state index in [2.05, 4.69) is 15.0 Å². The molecular weight excluding hydrogens is 362 g/mol. The number of hydrogen-bond donors (Lipinski definition) is 1. The van der Waals surface area contributed by atoms with E-state index in [1.165, 1.54) is 6.33 Å². The topological polar surface area (TPSA) is 94.2 Å². The van der Waals surface area contributed by atoms with Crippen molar-refractivity contribution in [2.45, 2.75) is 62.6 Å². The molecule has 3 aliphatic rings. The van der Waals surface area contributed by atoms with E-state index >= 15 is 0 Å². The maximum atomic E-state index is 10.2. The van der Waals surface area contributed by atoms with Gasteiger partial charge in [0.1, 0.15) is 35.9 Å². The first-order chi connectivity index (χ1) is 13.3. The Kier molecular flexibility index (Phi) is 3.83. The van der Waals surface area contributed by atoms with Gasteiger partial charge in [-0.05, 0) is 19.9 Å². The minimum absolute atomic E-state index is 0.224. The highest BCUT2D eigenvalue weighted by Crippen LogP contribution is 2.56. The van der Waals surface area contributed by atoms with Gasteiger partial charge < -0.3 is 28.8 Å². The molecule has 1 saturated carbocycles. The molecule has 1 N–H and O–H groups in total. The first-order valence-corrected chi connectivity index (χ1v) is 9.51. The van der Waals surface area contributed by atoms with Crippen molar-refractivity contribution in [3.05, 3.63) is 18.6 Å². The molecule has 150 valence electrons. The summed E-state index contributed by atoms with van der Waals surface area (Å²) in [6.45, 7) is 4.35. The molecule has 3 fully saturated rings. The fourth-order valence-corrected chi connectivity index (χ4v) is 4.28. The maximum absolute atomic E-state index is 10.2. The van der Waals surface area contributed by atoms with Gasteiger partial charge in [-0.25, -0.2) is 15.0 Å². The summed E-state index contributed by atoms with van der Waals surface area (Å²) in [5, 5.41) is 11.1. The van der Waals surface area contributed by atoms with Crippen LogP contribution in [0.25, 0.3) is 11.0 Å². The standard InChI is InChI=1S/C19H25N5O4/c1-18(2)27-14-12(26-19(7-13(19)25)15(14)28-18)8-24-6-5-11-16(22-10-23(3)4)20-9-21-17(11)24/h5-6,9-10,12-15,25H,7-8H2,1-4H3/t12-,13?,14-,15-,19?/m0/s1. The highest BCUT2D eigenvalue weighted by atomic mass is 16.8. The molecule has 2 aromatic rings.